The minimum atomic E-state index is -1.61. The highest BCUT2D eigenvalue weighted by Gasteiger charge is 2.27. The average Bonchev–Trinajstić information content (AvgIpc) is 3.72. The van der Waals surface area contributed by atoms with Crippen molar-refractivity contribution in [3.63, 3.8) is 0 Å². The molecule has 200 valence electrons. The summed E-state index contributed by atoms with van der Waals surface area (Å²) in [5, 5.41) is 26.4. The van der Waals surface area contributed by atoms with E-state index in [0.29, 0.717) is 44.1 Å². The summed E-state index contributed by atoms with van der Waals surface area (Å²) in [7, 11) is 0. The van der Waals surface area contributed by atoms with Gasteiger partial charge in [-0.15, -0.1) is 5.10 Å². The highest BCUT2D eigenvalue weighted by atomic mass is 35.5. The number of benzene rings is 3. The van der Waals surface area contributed by atoms with Gasteiger partial charge in [-0.3, -0.25) is 4.98 Å². The molecule has 2 atom stereocenters. The van der Waals surface area contributed by atoms with Crippen LogP contribution in [0.15, 0.2) is 79.1 Å². The molecule has 6 rings (SSSR count). The Balaban J connectivity index is 1.46. The molecule has 1 aliphatic carbocycles. The van der Waals surface area contributed by atoms with E-state index in [1.807, 2.05) is 36.4 Å². The summed E-state index contributed by atoms with van der Waals surface area (Å²) < 4.78 is 25.2. The third-order valence-corrected chi connectivity index (χ3v) is 7.35. The van der Waals surface area contributed by atoms with Crippen LogP contribution in [0.25, 0.3) is 10.9 Å². The van der Waals surface area contributed by atoms with Gasteiger partial charge in [0.05, 0.1) is 47.5 Å². The Bertz CT molecular complexity index is 1750. The van der Waals surface area contributed by atoms with Crippen LogP contribution in [0, 0.1) is 17.1 Å². The molecule has 7 nitrogen and oxygen atoms in total. The quantitative estimate of drug-likeness (QED) is 0.196. The fourth-order valence-electron chi connectivity index (χ4n) is 4.81. The Hall–Kier alpha value is -4.48. The molecule has 1 unspecified atom stereocenters. The van der Waals surface area contributed by atoms with E-state index in [9.17, 15) is 11.0 Å². The highest BCUT2D eigenvalue weighted by Crippen LogP contribution is 2.38. The van der Waals surface area contributed by atoms with Crippen molar-refractivity contribution in [2.24, 2.45) is 0 Å². The number of anilines is 2. The van der Waals surface area contributed by atoms with Crippen molar-refractivity contribution in [3.8, 4) is 6.07 Å². The number of fused-ring (bicyclic) bond motifs is 1. The summed E-state index contributed by atoms with van der Waals surface area (Å²) in [5.74, 6) is -0.402. The first kappa shape index (κ1) is 24.6. The van der Waals surface area contributed by atoms with Crippen LogP contribution in [-0.4, -0.2) is 20.0 Å². The first-order chi connectivity index (χ1) is 19.9. The molecular formula is C31H27ClFN7. The predicted molar refractivity (Wildman–Crippen MR) is 155 cm³/mol. The fraction of sp³-hybridized carbons (Fsp3) is 0.226. The molecule has 0 amide bonds. The van der Waals surface area contributed by atoms with Crippen LogP contribution in [0.1, 0.15) is 68.0 Å². The maximum absolute atomic E-state index is 13.9. The zero-order valence-electron chi connectivity index (χ0n) is 22.8. The van der Waals surface area contributed by atoms with Gasteiger partial charge in [-0.1, -0.05) is 66.2 Å². The van der Waals surface area contributed by atoms with Gasteiger partial charge in [0.1, 0.15) is 17.6 Å². The van der Waals surface area contributed by atoms with E-state index >= 15 is 0 Å². The van der Waals surface area contributed by atoms with Crippen molar-refractivity contribution in [3.05, 3.63) is 112 Å². The van der Waals surface area contributed by atoms with Gasteiger partial charge >= 0.3 is 0 Å². The summed E-state index contributed by atoms with van der Waals surface area (Å²) >= 11 is 6.76. The lowest BCUT2D eigenvalue weighted by Crippen LogP contribution is -2.14. The number of halogens is 2. The van der Waals surface area contributed by atoms with E-state index in [4.69, 9.17) is 11.6 Å². The molecule has 1 saturated carbocycles. The van der Waals surface area contributed by atoms with Crippen molar-refractivity contribution >= 4 is 33.9 Å². The summed E-state index contributed by atoms with van der Waals surface area (Å²) in [6.45, 7) is 2.08. The minimum Gasteiger partial charge on any atom is -0.377 e. The van der Waals surface area contributed by atoms with Gasteiger partial charge in [0.25, 0.3) is 0 Å². The highest BCUT2D eigenvalue weighted by molar-refractivity contribution is 6.35. The van der Waals surface area contributed by atoms with Gasteiger partial charge in [-0.05, 0) is 54.7 Å². The van der Waals surface area contributed by atoms with E-state index in [1.54, 1.807) is 29.1 Å². The van der Waals surface area contributed by atoms with Crippen molar-refractivity contribution in [1.29, 1.82) is 5.26 Å². The number of nitriles is 1. The normalized spacial score (nSPS) is 15.6. The van der Waals surface area contributed by atoms with Crippen LogP contribution in [0.4, 0.5) is 15.8 Å². The number of hydrogen-bond acceptors (Lipinski definition) is 6. The second-order valence-corrected chi connectivity index (χ2v) is 10.3. The molecule has 1 aliphatic rings. The van der Waals surface area contributed by atoms with Crippen LogP contribution in [0.5, 0.6) is 0 Å². The van der Waals surface area contributed by atoms with Gasteiger partial charge in [-0.25, -0.2) is 9.07 Å². The predicted octanol–water partition coefficient (Wildman–Crippen LogP) is 7.59. The second-order valence-electron chi connectivity index (χ2n) is 9.85. The first-order valence-electron chi connectivity index (χ1n) is 13.7. The smallest absolute Gasteiger partial charge is 0.123 e. The summed E-state index contributed by atoms with van der Waals surface area (Å²) in [6.07, 6.45) is 6.09. The summed E-state index contributed by atoms with van der Waals surface area (Å²) in [4.78, 5) is 4.47. The largest absolute Gasteiger partial charge is 0.377 e. The van der Waals surface area contributed by atoms with Gasteiger partial charge in [0.15, 0.2) is 0 Å². The Morgan fingerprint density at radius 3 is 2.60 bits per heavy atom. The van der Waals surface area contributed by atoms with Crippen LogP contribution in [0.3, 0.4) is 0 Å². The van der Waals surface area contributed by atoms with Gasteiger partial charge in [0.2, 0.25) is 0 Å². The molecule has 0 bridgehead atoms. The second kappa shape index (κ2) is 10.9. The molecule has 1 fully saturated rings. The fourth-order valence-corrected chi connectivity index (χ4v) is 5.07. The van der Waals surface area contributed by atoms with E-state index in [2.05, 4.69) is 38.9 Å². The first-order valence-corrected chi connectivity index (χ1v) is 13.6. The number of nitrogens with one attached hydrogen (secondary N) is 2. The van der Waals surface area contributed by atoms with Crippen molar-refractivity contribution in [2.75, 3.05) is 10.6 Å². The van der Waals surface area contributed by atoms with E-state index in [-0.39, 0.29) is 12.1 Å². The Kier molecular flexibility index (Phi) is 6.72. The molecule has 3 aromatic carbocycles. The molecule has 0 aliphatic heterocycles. The van der Waals surface area contributed by atoms with Crippen molar-refractivity contribution in [1.82, 2.24) is 20.0 Å². The monoisotopic (exact) mass is 552 g/mol. The van der Waals surface area contributed by atoms with Crippen molar-refractivity contribution < 1.29 is 5.76 Å². The van der Waals surface area contributed by atoms with Gasteiger partial charge < -0.3 is 10.6 Å². The third kappa shape index (κ3) is 5.21. The zero-order chi connectivity index (χ0) is 28.6. The van der Waals surface area contributed by atoms with Gasteiger partial charge in [0, 0.05) is 17.3 Å². The molecule has 2 heterocycles. The number of aromatic nitrogens is 4. The maximum atomic E-state index is 13.9. The summed E-state index contributed by atoms with van der Waals surface area (Å²) in [6, 6.07) is 20.2. The maximum Gasteiger partial charge on any atom is 0.123 e. The molecule has 2 N–H and O–H groups in total. The van der Waals surface area contributed by atoms with Gasteiger partial charge in [-0.2, -0.15) is 5.26 Å². The molecule has 0 radical (unpaired) electrons. The third-order valence-electron chi connectivity index (χ3n) is 7.06. The number of hydrogen-bond donors (Lipinski definition) is 2. The molecule has 0 spiro atoms. The molecule has 9 heteroatoms. The molecule has 40 heavy (non-hydrogen) atoms. The lowest BCUT2D eigenvalue weighted by atomic mass is 10.0. The number of rotatable bonds is 9. The number of nitrogens with zero attached hydrogens (tertiary/aromatic N) is 5. The standard InChI is InChI=1S/C31H27ClFN7/c1-2-27(19-6-4-3-5-7-19)37-29-21(16-34)17-35-31-25(29)14-23(15-26(31)32)36-30(20-8-10-22(33)11-9-20)28-18-40(39-38-28)24-12-13-24/h3-11,14-15,17-18,24,27,30,36H,2,12-13H2,1H3,(H,35,37)/t27-,30?/m1/s1/i30D. The van der Waals surface area contributed by atoms with Crippen LogP contribution in [0.2, 0.25) is 5.02 Å². The molecule has 2 aromatic heterocycles. The Morgan fingerprint density at radius 2 is 1.90 bits per heavy atom. The Morgan fingerprint density at radius 1 is 1.12 bits per heavy atom. The average molecular weight is 553 g/mol. The summed E-state index contributed by atoms with van der Waals surface area (Å²) in [5.41, 5.74) is 3.96. The zero-order valence-corrected chi connectivity index (χ0v) is 22.5. The van der Waals surface area contributed by atoms with E-state index in [0.717, 1.165) is 24.8 Å². The van der Waals surface area contributed by atoms with E-state index in [1.165, 1.54) is 18.3 Å². The Labute approximate surface area is 238 Å². The lowest BCUT2D eigenvalue weighted by Gasteiger charge is -2.22. The van der Waals surface area contributed by atoms with Crippen LogP contribution >= 0.6 is 11.6 Å². The molecule has 0 saturated heterocycles. The van der Waals surface area contributed by atoms with Crippen molar-refractivity contribution in [2.45, 2.75) is 44.3 Å². The topological polar surface area (TPSA) is 91.5 Å². The van der Waals surface area contributed by atoms with E-state index < -0.39 is 11.8 Å². The van der Waals surface area contributed by atoms with Crippen LogP contribution in [-0.2, 0) is 0 Å². The molecule has 5 aromatic rings. The SMILES string of the molecule is [2H]C(Nc1cc(Cl)c2ncc(C#N)c(N[C@H](CC)c3ccccc3)c2c1)(c1ccc(F)cc1)c1cn(C2CC2)nn1. The number of pyridine rings is 1. The molecular weight excluding hydrogens is 525 g/mol. The minimum absolute atomic E-state index is 0.0590. The lowest BCUT2D eigenvalue weighted by molar-refractivity contribution is 0.610. The van der Waals surface area contributed by atoms with Crippen LogP contribution < -0.4 is 10.6 Å².